The number of aliphatic hydroxyl groups is 1. The van der Waals surface area contributed by atoms with E-state index < -0.39 is 68.2 Å². The molecule has 1 rings (SSSR count). The molecule has 16 heteroatoms. The van der Waals surface area contributed by atoms with Gasteiger partial charge in [-0.25, -0.2) is 4.57 Å². The molecule has 1 aromatic carbocycles. The first-order valence-corrected chi connectivity index (χ1v) is 13.4. The van der Waals surface area contributed by atoms with Crippen molar-refractivity contribution in [2.24, 2.45) is 11.7 Å². The van der Waals surface area contributed by atoms with Crippen LogP contribution in [0.5, 0.6) is 5.75 Å². The van der Waals surface area contributed by atoms with Gasteiger partial charge in [0.15, 0.2) is 0 Å². The number of carbonyl (C=O) groups is 5. The molecule has 0 aliphatic carbocycles. The zero-order valence-electron chi connectivity index (χ0n) is 21.6. The van der Waals surface area contributed by atoms with Crippen LogP contribution in [0.15, 0.2) is 24.3 Å². The molecule has 9 N–H and O–H groups in total. The van der Waals surface area contributed by atoms with Crippen LogP contribution in [-0.2, 0) is 35.0 Å². The van der Waals surface area contributed by atoms with Crippen LogP contribution in [-0.4, -0.2) is 80.2 Å². The smallest absolute Gasteiger partial charge is 0.481 e. The highest BCUT2D eigenvalue weighted by molar-refractivity contribution is 7.46. The number of rotatable bonds is 16. The number of aliphatic carboxylic acids is 1. The van der Waals surface area contributed by atoms with Crippen LogP contribution in [0, 0.1) is 5.92 Å². The fraction of sp³-hybridized carbons (Fsp3) is 0.522. The van der Waals surface area contributed by atoms with Gasteiger partial charge in [0.1, 0.15) is 30.2 Å². The third-order valence-electron chi connectivity index (χ3n) is 5.50. The minimum absolute atomic E-state index is 0.149. The summed E-state index contributed by atoms with van der Waals surface area (Å²) in [6, 6.07) is 0.216. The van der Waals surface area contributed by atoms with Gasteiger partial charge in [-0.1, -0.05) is 26.0 Å². The van der Waals surface area contributed by atoms with Crippen molar-refractivity contribution >= 4 is 37.8 Å². The molecule has 0 unspecified atom stereocenters. The Hall–Kier alpha value is -3.36. The van der Waals surface area contributed by atoms with E-state index in [1.807, 2.05) is 0 Å². The lowest BCUT2D eigenvalue weighted by Gasteiger charge is -2.26. The Morgan fingerprint density at radius 3 is 1.97 bits per heavy atom. The topological polar surface area (TPSA) is 255 Å². The third-order valence-corrected chi connectivity index (χ3v) is 5.95. The average Bonchev–Trinajstić information content (AvgIpc) is 2.83. The second-order valence-electron chi connectivity index (χ2n) is 9.17. The van der Waals surface area contributed by atoms with Crippen LogP contribution in [0.4, 0.5) is 0 Å². The van der Waals surface area contributed by atoms with E-state index in [1.54, 1.807) is 13.8 Å². The number of nitrogens with one attached hydrogen (secondary N) is 3. The molecule has 0 aromatic heterocycles. The van der Waals surface area contributed by atoms with Crippen molar-refractivity contribution in [3.05, 3.63) is 29.8 Å². The Morgan fingerprint density at radius 1 is 0.974 bits per heavy atom. The van der Waals surface area contributed by atoms with E-state index in [1.165, 1.54) is 31.2 Å². The van der Waals surface area contributed by atoms with Gasteiger partial charge in [0.05, 0.1) is 12.1 Å². The van der Waals surface area contributed by atoms with Gasteiger partial charge in [0.25, 0.3) is 0 Å². The number of phosphoric acid groups is 1. The predicted molar refractivity (Wildman–Crippen MR) is 136 cm³/mol. The highest BCUT2D eigenvalue weighted by atomic mass is 31.2. The monoisotopic (exact) mass is 574 g/mol. The molecule has 0 bridgehead atoms. The maximum atomic E-state index is 13.1. The molecular formula is C23H35N4O11P. The first kappa shape index (κ1) is 33.7. The number of carboxylic acids is 1. The Kier molecular flexibility index (Phi) is 13.2. The number of amides is 3. The molecule has 0 saturated heterocycles. The van der Waals surface area contributed by atoms with Gasteiger partial charge >= 0.3 is 13.8 Å². The summed E-state index contributed by atoms with van der Waals surface area (Å²) in [5.74, 6) is -4.28. The van der Waals surface area contributed by atoms with Crippen LogP contribution in [0.2, 0.25) is 0 Å². The number of carboxylic acid groups (broad SMARTS) is 1. The zero-order valence-corrected chi connectivity index (χ0v) is 22.5. The molecule has 0 aliphatic heterocycles. The van der Waals surface area contributed by atoms with Crippen molar-refractivity contribution in [2.75, 3.05) is 0 Å². The van der Waals surface area contributed by atoms with Crippen LogP contribution >= 0.6 is 7.82 Å². The molecule has 1 aromatic rings. The lowest BCUT2D eigenvalue weighted by molar-refractivity contribution is -0.138. The molecule has 0 saturated carbocycles. The number of phosphoric ester groups is 1. The van der Waals surface area contributed by atoms with E-state index in [-0.39, 0.29) is 24.5 Å². The van der Waals surface area contributed by atoms with Crippen molar-refractivity contribution in [2.45, 2.75) is 70.3 Å². The number of aliphatic hydroxyl groups excluding tert-OH is 1. The Morgan fingerprint density at radius 2 is 1.51 bits per heavy atom. The van der Waals surface area contributed by atoms with Crippen LogP contribution in [0.3, 0.4) is 0 Å². The van der Waals surface area contributed by atoms with Gasteiger partial charge in [-0.15, -0.1) is 0 Å². The second kappa shape index (κ2) is 15.3. The number of carbonyl (C=O) groups excluding carboxylic acids is 4. The largest absolute Gasteiger partial charge is 0.524 e. The van der Waals surface area contributed by atoms with Crippen LogP contribution in [0.1, 0.15) is 39.2 Å². The summed E-state index contributed by atoms with van der Waals surface area (Å²) in [5, 5.41) is 25.9. The minimum atomic E-state index is -4.80. The summed E-state index contributed by atoms with van der Waals surface area (Å²) in [6.07, 6.45) is -1.76. The average molecular weight is 575 g/mol. The zero-order chi connectivity index (χ0) is 29.9. The molecule has 5 atom stereocenters. The van der Waals surface area contributed by atoms with Crippen molar-refractivity contribution in [1.29, 1.82) is 0 Å². The van der Waals surface area contributed by atoms with Gasteiger partial charge in [0, 0.05) is 12.8 Å². The van der Waals surface area contributed by atoms with Crippen molar-refractivity contribution in [3.63, 3.8) is 0 Å². The van der Waals surface area contributed by atoms with E-state index in [0.717, 1.165) is 0 Å². The van der Waals surface area contributed by atoms with E-state index >= 15 is 0 Å². The summed E-state index contributed by atoms with van der Waals surface area (Å²) in [7, 11) is -4.80. The number of aldehydes is 1. The van der Waals surface area contributed by atoms with E-state index in [9.17, 15) is 33.6 Å². The molecule has 0 aliphatic rings. The second-order valence-corrected chi connectivity index (χ2v) is 10.3. The molecule has 3 amide bonds. The normalized spacial score (nSPS) is 15.3. The maximum absolute atomic E-state index is 13.1. The third kappa shape index (κ3) is 12.4. The molecule has 218 valence electrons. The van der Waals surface area contributed by atoms with Crippen LogP contribution in [0.25, 0.3) is 0 Å². The first-order valence-electron chi connectivity index (χ1n) is 11.9. The Labute approximate surface area is 224 Å². The first-order chi connectivity index (χ1) is 18.0. The quantitative estimate of drug-likeness (QED) is 0.0836. The van der Waals surface area contributed by atoms with Crippen molar-refractivity contribution in [3.8, 4) is 5.75 Å². The predicted octanol–water partition coefficient (Wildman–Crippen LogP) is -1.42. The van der Waals surface area contributed by atoms with E-state index in [4.69, 9.17) is 20.6 Å². The number of benzene rings is 1. The van der Waals surface area contributed by atoms with Gasteiger partial charge in [-0.3, -0.25) is 29.0 Å². The fourth-order valence-electron chi connectivity index (χ4n) is 3.19. The summed E-state index contributed by atoms with van der Waals surface area (Å²) in [4.78, 5) is 78.9. The van der Waals surface area contributed by atoms with Gasteiger partial charge in [0.2, 0.25) is 17.7 Å². The summed E-state index contributed by atoms with van der Waals surface area (Å²) in [5.41, 5.74) is 6.02. The number of hydrogen-bond donors (Lipinski definition) is 8. The molecule has 0 heterocycles. The van der Waals surface area contributed by atoms with Gasteiger partial charge in [-0.2, -0.15) is 0 Å². The maximum Gasteiger partial charge on any atom is 0.524 e. The SMILES string of the molecule is CC(C)[C@@H](C=O)NC(=O)[C@H](Cc1ccc(OP(=O)(O)O)cc1)NC(=O)[C@H](CCC(=O)O)NC(=O)[C@@H](N)[C@@H](C)O. The molecule has 0 fully saturated rings. The molecular weight excluding hydrogens is 539 g/mol. The van der Waals surface area contributed by atoms with Gasteiger partial charge < -0.3 is 41.2 Å². The lowest BCUT2D eigenvalue weighted by Crippen LogP contribution is -2.58. The minimum Gasteiger partial charge on any atom is -0.481 e. The Bertz CT molecular complexity index is 1060. The van der Waals surface area contributed by atoms with E-state index in [0.29, 0.717) is 11.8 Å². The summed E-state index contributed by atoms with van der Waals surface area (Å²) >= 11 is 0. The molecule has 0 spiro atoms. The molecule has 15 nitrogen and oxygen atoms in total. The molecule has 39 heavy (non-hydrogen) atoms. The number of hydrogen-bond acceptors (Lipinski definition) is 9. The summed E-state index contributed by atoms with van der Waals surface area (Å²) < 4.78 is 15.5. The van der Waals surface area contributed by atoms with Gasteiger partial charge in [-0.05, 0) is 37.0 Å². The fourth-order valence-corrected chi connectivity index (χ4v) is 3.58. The number of nitrogens with two attached hydrogens (primary N) is 1. The highest BCUT2D eigenvalue weighted by Gasteiger charge is 2.31. The van der Waals surface area contributed by atoms with Crippen molar-refractivity contribution in [1.82, 2.24) is 16.0 Å². The van der Waals surface area contributed by atoms with Crippen molar-refractivity contribution < 1.29 is 53.1 Å². The standard InChI is InChI=1S/C23H35N4O11P/c1-12(2)18(11-28)27-22(33)17(10-14-4-6-15(7-5-14)38-39(35,36)37)26-21(32)16(8-9-19(30)31)25-23(34)20(24)13(3)29/h4-7,11-13,16-18,20,29H,8-10,24H2,1-3H3,(H,25,34)(H,26,32)(H,27,33)(H,30,31)(H2,35,36,37)/t13-,16+,17+,18-,20+/m1/s1. The highest BCUT2D eigenvalue weighted by Crippen LogP contribution is 2.37. The van der Waals surface area contributed by atoms with E-state index in [2.05, 4.69) is 20.5 Å². The molecule has 0 radical (unpaired) electrons. The summed E-state index contributed by atoms with van der Waals surface area (Å²) in [6.45, 7) is 4.64. The Balaban J connectivity index is 3.22. The van der Waals surface area contributed by atoms with Crippen LogP contribution < -0.4 is 26.2 Å². The lowest BCUT2D eigenvalue weighted by atomic mass is 10.0.